The van der Waals surface area contributed by atoms with Gasteiger partial charge in [0.2, 0.25) is 5.95 Å². The molecule has 3 aromatic heterocycles. The maximum absolute atomic E-state index is 6.22. The first kappa shape index (κ1) is 16.1. The quantitative estimate of drug-likeness (QED) is 0.487. The highest BCUT2D eigenvalue weighted by Gasteiger charge is 2.08. The lowest BCUT2D eigenvalue weighted by Crippen LogP contribution is -2.02. The first-order chi connectivity index (χ1) is 13.8. The van der Waals surface area contributed by atoms with Crippen molar-refractivity contribution in [1.29, 1.82) is 0 Å². The summed E-state index contributed by atoms with van der Waals surface area (Å²) < 4.78 is 0. The van der Waals surface area contributed by atoms with Gasteiger partial charge >= 0.3 is 0 Å². The van der Waals surface area contributed by atoms with Gasteiger partial charge in [-0.25, -0.2) is 4.98 Å². The molecule has 0 atom stereocenters. The Balaban J connectivity index is 1.46. The van der Waals surface area contributed by atoms with Crippen molar-refractivity contribution in [2.45, 2.75) is 0 Å². The van der Waals surface area contributed by atoms with Crippen LogP contribution < -0.4 is 11.1 Å². The Bertz CT molecular complexity index is 1310. The third-order valence-corrected chi connectivity index (χ3v) is 4.58. The highest BCUT2D eigenvalue weighted by Crippen LogP contribution is 2.28. The Hall–Kier alpha value is -4.06. The van der Waals surface area contributed by atoms with E-state index in [0.717, 1.165) is 38.6 Å². The second-order valence-electron chi connectivity index (χ2n) is 6.45. The first-order valence-corrected chi connectivity index (χ1v) is 8.86. The van der Waals surface area contributed by atoms with Crippen LogP contribution in [-0.4, -0.2) is 19.9 Å². The fourth-order valence-electron chi connectivity index (χ4n) is 3.19. The second-order valence-corrected chi connectivity index (χ2v) is 6.45. The van der Waals surface area contributed by atoms with E-state index >= 15 is 0 Å². The van der Waals surface area contributed by atoms with Crippen molar-refractivity contribution >= 4 is 39.3 Å². The van der Waals surface area contributed by atoms with Crippen molar-refractivity contribution < 1.29 is 0 Å². The number of anilines is 3. The van der Waals surface area contributed by atoms with Crippen LogP contribution in [0.15, 0.2) is 79.3 Å². The maximum atomic E-state index is 6.22. The molecule has 134 valence electrons. The summed E-state index contributed by atoms with van der Waals surface area (Å²) in [6.45, 7) is 0. The van der Waals surface area contributed by atoms with Gasteiger partial charge in [0.1, 0.15) is 5.82 Å². The lowest BCUT2D eigenvalue weighted by molar-refractivity contribution is 1.17. The van der Waals surface area contributed by atoms with E-state index in [9.17, 15) is 0 Å². The van der Waals surface area contributed by atoms with Crippen LogP contribution in [-0.2, 0) is 0 Å². The Kier molecular flexibility index (Phi) is 3.80. The molecule has 5 aromatic rings. The van der Waals surface area contributed by atoms with E-state index in [0.29, 0.717) is 11.8 Å². The fraction of sp³-hybridized carbons (Fsp3) is 0. The molecule has 0 spiro atoms. The van der Waals surface area contributed by atoms with Gasteiger partial charge in [-0.05, 0) is 35.9 Å². The SMILES string of the molecule is Nc1nc(Nc2cnc3ccccc3c2)ncc1-c1ccc2ncccc2c1. The molecule has 0 saturated heterocycles. The molecule has 0 aliphatic rings. The van der Waals surface area contributed by atoms with E-state index in [4.69, 9.17) is 5.73 Å². The zero-order valence-electron chi connectivity index (χ0n) is 14.9. The van der Waals surface area contributed by atoms with Crippen molar-refractivity contribution in [2.75, 3.05) is 11.1 Å². The second kappa shape index (κ2) is 6.59. The van der Waals surface area contributed by atoms with E-state index in [1.165, 1.54) is 0 Å². The van der Waals surface area contributed by atoms with E-state index in [2.05, 4.69) is 25.3 Å². The van der Waals surface area contributed by atoms with E-state index < -0.39 is 0 Å². The number of nitrogens with zero attached hydrogens (tertiary/aromatic N) is 4. The molecule has 0 aliphatic carbocycles. The standard InChI is InChI=1S/C22H16N6/c23-21-18(14-7-8-20-15(10-14)5-3-9-24-20)13-26-22(28-21)27-17-11-16-4-1-2-6-19(16)25-12-17/h1-13H,(H3,23,26,27,28). The first-order valence-electron chi connectivity index (χ1n) is 8.86. The number of hydrogen-bond acceptors (Lipinski definition) is 6. The van der Waals surface area contributed by atoms with Crippen LogP contribution in [0, 0.1) is 0 Å². The minimum Gasteiger partial charge on any atom is -0.383 e. The molecule has 0 saturated carbocycles. The molecule has 0 bridgehead atoms. The summed E-state index contributed by atoms with van der Waals surface area (Å²) in [6, 6.07) is 19.9. The number of rotatable bonds is 3. The number of benzene rings is 2. The minimum absolute atomic E-state index is 0.412. The smallest absolute Gasteiger partial charge is 0.229 e. The van der Waals surface area contributed by atoms with Crippen molar-refractivity contribution in [3.05, 3.63) is 79.3 Å². The van der Waals surface area contributed by atoms with Crippen LogP contribution >= 0.6 is 0 Å². The third-order valence-electron chi connectivity index (χ3n) is 4.58. The number of hydrogen-bond donors (Lipinski definition) is 2. The Morgan fingerprint density at radius 2 is 1.57 bits per heavy atom. The molecule has 0 fully saturated rings. The van der Waals surface area contributed by atoms with Gasteiger partial charge in [0.25, 0.3) is 0 Å². The van der Waals surface area contributed by atoms with Gasteiger partial charge < -0.3 is 11.1 Å². The van der Waals surface area contributed by atoms with Crippen LogP contribution in [0.4, 0.5) is 17.5 Å². The number of nitrogens with two attached hydrogens (primary N) is 1. The summed E-state index contributed by atoms with van der Waals surface area (Å²) in [6.07, 6.45) is 5.27. The molecule has 3 N–H and O–H groups in total. The molecule has 5 rings (SSSR count). The fourth-order valence-corrected chi connectivity index (χ4v) is 3.19. The number of aromatic nitrogens is 4. The molecule has 6 nitrogen and oxygen atoms in total. The van der Waals surface area contributed by atoms with Crippen LogP contribution in [0.2, 0.25) is 0 Å². The zero-order valence-corrected chi connectivity index (χ0v) is 14.9. The molecule has 0 radical (unpaired) electrons. The number of pyridine rings is 2. The van der Waals surface area contributed by atoms with Gasteiger partial charge in [0.05, 0.1) is 22.9 Å². The number of nitrogens with one attached hydrogen (secondary N) is 1. The molecule has 3 heterocycles. The minimum atomic E-state index is 0.412. The van der Waals surface area contributed by atoms with E-state index in [1.807, 2.05) is 60.7 Å². The molecule has 28 heavy (non-hydrogen) atoms. The molecule has 2 aromatic carbocycles. The van der Waals surface area contributed by atoms with Crippen LogP contribution in [0.5, 0.6) is 0 Å². The largest absolute Gasteiger partial charge is 0.383 e. The Labute approximate surface area is 161 Å². The number of nitrogen functional groups attached to an aromatic ring is 1. The summed E-state index contributed by atoms with van der Waals surface area (Å²) >= 11 is 0. The predicted octanol–water partition coefficient (Wildman–Crippen LogP) is 4.57. The highest BCUT2D eigenvalue weighted by molar-refractivity contribution is 5.86. The summed E-state index contributed by atoms with van der Waals surface area (Å²) in [5.74, 6) is 0.843. The molecule has 6 heteroatoms. The van der Waals surface area contributed by atoms with Crippen LogP contribution in [0.3, 0.4) is 0 Å². The molecule has 0 unspecified atom stereocenters. The van der Waals surface area contributed by atoms with Gasteiger partial charge in [-0.1, -0.05) is 30.3 Å². The van der Waals surface area contributed by atoms with Gasteiger partial charge in [0.15, 0.2) is 0 Å². The summed E-state index contributed by atoms with van der Waals surface area (Å²) in [5, 5.41) is 5.26. The van der Waals surface area contributed by atoms with Gasteiger partial charge in [-0.15, -0.1) is 0 Å². The van der Waals surface area contributed by atoms with Gasteiger partial charge in [-0.2, -0.15) is 4.98 Å². The Morgan fingerprint density at radius 1 is 0.750 bits per heavy atom. The van der Waals surface area contributed by atoms with Gasteiger partial charge in [0, 0.05) is 28.7 Å². The van der Waals surface area contributed by atoms with Gasteiger partial charge in [-0.3, -0.25) is 9.97 Å². The molecular weight excluding hydrogens is 348 g/mol. The highest BCUT2D eigenvalue weighted by atomic mass is 15.1. The van der Waals surface area contributed by atoms with Crippen molar-refractivity contribution in [1.82, 2.24) is 19.9 Å². The molecule has 0 aliphatic heterocycles. The average molecular weight is 364 g/mol. The normalized spacial score (nSPS) is 11.0. The molecule has 0 amide bonds. The van der Waals surface area contributed by atoms with E-state index in [-0.39, 0.29) is 0 Å². The lowest BCUT2D eigenvalue weighted by Gasteiger charge is -2.09. The average Bonchev–Trinajstić information content (AvgIpc) is 2.73. The summed E-state index contributed by atoms with van der Waals surface area (Å²) in [5.41, 5.74) is 10.6. The van der Waals surface area contributed by atoms with E-state index in [1.54, 1.807) is 18.6 Å². The Morgan fingerprint density at radius 3 is 2.50 bits per heavy atom. The van der Waals surface area contributed by atoms with Crippen LogP contribution in [0.25, 0.3) is 32.9 Å². The maximum Gasteiger partial charge on any atom is 0.229 e. The van der Waals surface area contributed by atoms with Crippen LogP contribution in [0.1, 0.15) is 0 Å². The number of para-hydroxylation sites is 1. The summed E-state index contributed by atoms with van der Waals surface area (Å²) in [7, 11) is 0. The third kappa shape index (κ3) is 2.97. The molecular formula is C22H16N6. The lowest BCUT2D eigenvalue weighted by atomic mass is 10.1. The monoisotopic (exact) mass is 364 g/mol. The predicted molar refractivity (Wildman–Crippen MR) is 112 cm³/mol. The zero-order chi connectivity index (χ0) is 18.9. The van der Waals surface area contributed by atoms with Crippen molar-refractivity contribution in [3.63, 3.8) is 0 Å². The topological polar surface area (TPSA) is 89.6 Å². The summed E-state index contributed by atoms with van der Waals surface area (Å²) in [4.78, 5) is 17.6. The van der Waals surface area contributed by atoms with Crippen molar-refractivity contribution in [2.24, 2.45) is 0 Å². The number of fused-ring (bicyclic) bond motifs is 2. The van der Waals surface area contributed by atoms with Crippen molar-refractivity contribution in [3.8, 4) is 11.1 Å².